The van der Waals surface area contributed by atoms with Crippen LogP contribution in [0.1, 0.15) is 67.2 Å². The lowest BCUT2D eigenvalue weighted by Crippen LogP contribution is -2.41. The van der Waals surface area contributed by atoms with Gasteiger partial charge in [0.1, 0.15) is 11.9 Å². The molecule has 0 unspecified atom stereocenters. The first-order valence-corrected chi connectivity index (χ1v) is 13.1. The molecule has 3 heterocycles. The number of aromatic nitrogens is 2. The Hall–Kier alpha value is -2.49. The van der Waals surface area contributed by atoms with Crippen LogP contribution in [0.3, 0.4) is 0 Å². The lowest BCUT2D eigenvalue weighted by atomic mass is 10.0. The highest BCUT2D eigenvalue weighted by Crippen LogP contribution is 2.33. The molecule has 5 rings (SSSR count). The van der Waals surface area contributed by atoms with Crippen LogP contribution in [0.2, 0.25) is 0 Å². The van der Waals surface area contributed by atoms with Crippen LogP contribution in [0.5, 0.6) is 0 Å². The summed E-state index contributed by atoms with van der Waals surface area (Å²) >= 11 is 0. The molecule has 0 radical (unpaired) electrons. The SMILES string of the molecule is Cn1c([C@@H]2CCCO2)nc2cc(NC(=O)CC3CCCC3)cc(C(=O)NCCN3CCOCC3)c21. The van der Waals surface area contributed by atoms with E-state index in [0.29, 0.717) is 35.7 Å². The van der Waals surface area contributed by atoms with E-state index in [4.69, 9.17) is 14.5 Å². The maximum Gasteiger partial charge on any atom is 0.253 e. The molecule has 2 aromatic rings. The monoisotopic (exact) mass is 483 g/mol. The Morgan fingerprint density at radius 2 is 1.89 bits per heavy atom. The third-order valence-electron chi connectivity index (χ3n) is 7.52. The number of carbonyl (C=O) groups is 2. The van der Waals surface area contributed by atoms with Gasteiger partial charge in [0.25, 0.3) is 5.91 Å². The molecule has 2 amide bonds. The van der Waals surface area contributed by atoms with E-state index in [9.17, 15) is 9.59 Å². The van der Waals surface area contributed by atoms with Gasteiger partial charge in [-0.25, -0.2) is 4.98 Å². The number of aryl methyl sites for hydroxylation is 1. The number of hydrogen-bond acceptors (Lipinski definition) is 6. The molecule has 190 valence electrons. The van der Waals surface area contributed by atoms with Gasteiger partial charge in [0.2, 0.25) is 5.91 Å². The first kappa shape index (κ1) is 24.2. The first-order valence-electron chi connectivity index (χ1n) is 13.1. The number of amides is 2. The molecule has 35 heavy (non-hydrogen) atoms. The van der Waals surface area contributed by atoms with E-state index in [1.165, 1.54) is 12.8 Å². The molecule has 0 spiro atoms. The quantitative estimate of drug-likeness (QED) is 0.599. The fraction of sp³-hybridized carbons (Fsp3) is 0.654. The molecule has 1 aliphatic carbocycles. The molecular formula is C26H37N5O4. The molecule has 1 aromatic carbocycles. The third-order valence-corrected chi connectivity index (χ3v) is 7.52. The number of anilines is 1. The van der Waals surface area contributed by atoms with Crippen molar-refractivity contribution in [3.63, 3.8) is 0 Å². The minimum atomic E-state index is -0.156. The van der Waals surface area contributed by atoms with E-state index in [-0.39, 0.29) is 17.9 Å². The number of benzene rings is 1. The Morgan fingerprint density at radius 1 is 1.09 bits per heavy atom. The standard InChI is InChI=1S/C26H37N5O4/c1-30-24-20(26(33)27-8-9-31-10-13-34-14-11-31)16-19(28-23(32)15-18-5-2-3-6-18)17-21(24)29-25(30)22-7-4-12-35-22/h16-18,22H,2-15H2,1H3,(H,27,33)(H,28,32)/t22-/m0/s1. The molecule has 2 N–H and O–H groups in total. The number of carbonyl (C=O) groups excluding carboxylic acids is 2. The Labute approximate surface area is 206 Å². The van der Waals surface area contributed by atoms with Crippen molar-refractivity contribution in [1.82, 2.24) is 19.8 Å². The zero-order valence-corrected chi connectivity index (χ0v) is 20.7. The Morgan fingerprint density at radius 3 is 2.63 bits per heavy atom. The molecular weight excluding hydrogens is 446 g/mol. The Balaban J connectivity index is 1.37. The normalized spacial score (nSPS) is 21.6. The molecule has 0 bridgehead atoms. The number of imidazole rings is 1. The van der Waals surface area contributed by atoms with Crippen LogP contribution < -0.4 is 10.6 Å². The fourth-order valence-corrected chi connectivity index (χ4v) is 5.62. The number of fused-ring (bicyclic) bond motifs is 1. The van der Waals surface area contributed by atoms with Crippen molar-refractivity contribution in [3.05, 3.63) is 23.5 Å². The summed E-state index contributed by atoms with van der Waals surface area (Å²) in [6.45, 7) is 5.30. The molecule has 3 aliphatic rings. The van der Waals surface area contributed by atoms with Gasteiger partial charge in [0, 0.05) is 51.9 Å². The van der Waals surface area contributed by atoms with Crippen LogP contribution in [-0.4, -0.2) is 72.3 Å². The first-order chi connectivity index (χ1) is 17.1. The summed E-state index contributed by atoms with van der Waals surface area (Å²) in [6.07, 6.45) is 7.04. The smallest absolute Gasteiger partial charge is 0.253 e. The zero-order chi connectivity index (χ0) is 24.2. The predicted octanol–water partition coefficient (Wildman–Crippen LogP) is 3.01. The molecule has 2 aliphatic heterocycles. The summed E-state index contributed by atoms with van der Waals surface area (Å²) in [5, 5.41) is 6.12. The van der Waals surface area contributed by atoms with E-state index in [0.717, 1.165) is 76.5 Å². The molecule has 1 aromatic heterocycles. The number of ether oxygens (including phenoxy) is 2. The summed E-state index contributed by atoms with van der Waals surface area (Å²) in [7, 11) is 1.94. The maximum atomic E-state index is 13.4. The van der Waals surface area contributed by atoms with E-state index in [1.807, 2.05) is 17.7 Å². The predicted molar refractivity (Wildman–Crippen MR) is 133 cm³/mol. The molecule has 1 atom stereocenters. The van der Waals surface area contributed by atoms with E-state index in [1.54, 1.807) is 6.07 Å². The molecule has 2 saturated heterocycles. The number of nitrogens with zero attached hydrogens (tertiary/aromatic N) is 3. The highest BCUT2D eigenvalue weighted by molar-refractivity contribution is 6.07. The van der Waals surface area contributed by atoms with Gasteiger partial charge in [0.05, 0.1) is 29.8 Å². The van der Waals surface area contributed by atoms with Gasteiger partial charge in [-0.05, 0) is 43.7 Å². The second-order valence-electron chi connectivity index (χ2n) is 10.0. The van der Waals surface area contributed by atoms with Gasteiger partial charge >= 0.3 is 0 Å². The van der Waals surface area contributed by atoms with Crippen molar-refractivity contribution < 1.29 is 19.1 Å². The van der Waals surface area contributed by atoms with Crippen LogP contribution >= 0.6 is 0 Å². The Bertz CT molecular complexity index is 1050. The van der Waals surface area contributed by atoms with Crippen molar-refractivity contribution in [2.45, 2.75) is 51.0 Å². The summed E-state index contributed by atoms with van der Waals surface area (Å²) in [5.74, 6) is 1.14. The number of morpholine rings is 1. The van der Waals surface area contributed by atoms with Gasteiger partial charge in [-0.2, -0.15) is 0 Å². The second kappa shape index (κ2) is 11.1. The van der Waals surface area contributed by atoms with E-state index < -0.39 is 0 Å². The largest absolute Gasteiger partial charge is 0.379 e. The molecule has 3 fully saturated rings. The molecule has 9 nitrogen and oxygen atoms in total. The minimum Gasteiger partial charge on any atom is -0.379 e. The van der Waals surface area contributed by atoms with Crippen molar-refractivity contribution in [2.75, 3.05) is 51.3 Å². The van der Waals surface area contributed by atoms with Gasteiger partial charge in [-0.1, -0.05) is 12.8 Å². The highest BCUT2D eigenvalue weighted by atomic mass is 16.5. The van der Waals surface area contributed by atoms with Crippen molar-refractivity contribution in [2.24, 2.45) is 13.0 Å². The Kier molecular flexibility index (Phi) is 7.65. The zero-order valence-electron chi connectivity index (χ0n) is 20.7. The average molecular weight is 484 g/mol. The lowest BCUT2D eigenvalue weighted by molar-refractivity contribution is -0.117. The minimum absolute atomic E-state index is 0.00482. The fourth-order valence-electron chi connectivity index (χ4n) is 5.62. The van der Waals surface area contributed by atoms with Crippen LogP contribution in [0.15, 0.2) is 12.1 Å². The molecule has 1 saturated carbocycles. The second-order valence-corrected chi connectivity index (χ2v) is 10.0. The van der Waals surface area contributed by atoms with Gasteiger partial charge in [-0.3, -0.25) is 14.5 Å². The number of hydrogen-bond donors (Lipinski definition) is 2. The van der Waals surface area contributed by atoms with Gasteiger partial charge in [0.15, 0.2) is 0 Å². The van der Waals surface area contributed by atoms with E-state index in [2.05, 4.69) is 15.5 Å². The average Bonchev–Trinajstić information content (AvgIpc) is 3.62. The van der Waals surface area contributed by atoms with Gasteiger partial charge in [-0.15, -0.1) is 0 Å². The highest BCUT2D eigenvalue weighted by Gasteiger charge is 2.26. The summed E-state index contributed by atoms with van der Waals surface area (Å²) in [5.41, 5.74) is 2.62. The third kappa shape index (κ3) is 5.68. The van der Waals surface area contributed by atoms with Crippen molar-refractivity contribution >= 4 is 28.5 Å². The van der Waals surface area contributed by atoms with Crippen molar-refractivity contribution in [3.8, 4) is 0 Å². The summed E-state index contributed by atoms with van der Waals surface area (Å²) < 4.78 is 13.3. The maximum absolute atomic E-state index is 13.4. The van der Waals surface area contributed by atoms with Crippen LogP contribution in [-0.2, 0) is 21.3 Å². The van der Waals surface area contributed by atoms with Gasteiger partial charge < -0.3 is 24.7 Å². The molecule has 9 heteroatoms. The summed E-state index contributed by atoms with van der Waals surface area (Å²) in [4.78, 5) is 33.2. The number of rotatable bonds is 8. The van der Waals surface area contributed by atoms with Crippen LogP contribution in [0.25, 0.3) is 11.0 Å². The number of nitrogens with one attached hydrogen (secondary N) is 2. The topological polar surface area (TPSA) is 97.7 Å². The summed E-state index contributed by atoms with van der Waals surface area (Å²) in [6, 6.07) is 3.67. The lowest BCUT2D eigenvalue weighted by Gasteiger charge is -2.26. The van der Waals surface area contributed by atoms with Crippen LogP contribution in [0, 0.1) is 5.92 Å². The van der Waals surface area contributed by atoms with Crippen LogP contribution in [0.4, 0.5) is 5.69 Å². The van der Waals surface area contributed by atoms with Crippen molar-refractivity contribution in [1.29, 1.82) is 0 Å². The van der Waals surface area contributed by atoms with E-state index >= 15 is 0 Å².